The molecule has 2 N–H and O–H groups in total. The van der Waals surface area contributed by atoms with Crippen molar-refractivity contribution in [2.24, 2.45) is 16.8 Å². The largest absolute Gasteiger partial charge is 0.299 e. The van der Waals surface area contributed by atoms with Crippen molar-refractivity contribution in [1.82, 2.24) is 15.6 Å². The summed E-state index contributed by atoms with van der Waals surface area (Å²) in [6.07, 6.45) is 0. The van der Waals surface area contributed by atoms with E-state index in [9.17, 15) is 19.2 Å². The molecule has 2 amide bonds. The summed E-state index contributed by atoms with van der Waals surface area (Å²) >= 11 is 1.28. The van der Waals surface area contributed by atoms with Gasteiger partial charge in [0, 0.05) is 0 Å². The van der Waals surface area contributed by atoms with Crippen LogP contribution in [0.3, 0.4) is 0 Å². The summed E-state index contributed by atoms with van der Waals surface area (Å²) in [5.74, 6) is -5.51. The molecule has 3 rings (SSSR count). The summed E-state index contributed by atoms with van der Waals surface area (Å²) in [6.45, 7) is 2.34. The maximum Gasteiger partial charge on any atom is 0.238 e. The van der Waals surface area contributed by atoms with E-state index in [1.807, 2.05) is 24.3 Å². The molecule has 8 nitrogen and oxygen atoms in total. The first-order chi connectivity index (χ1) is 11.9. The molecule has 1 aliphatic heterocycles. The van der Waals surface area contributed by atoms with E-state index in [0.717, 1.165) is 10.2 Å². The number of Topliss-reactive ketones (excluding diaryl/α,β-unsaturated/α-hetero) is 2. The van der Waals surface area contributed by atoms with Crippen LogP contribution in [0.1, 0.15) is 13.8 Å². The van der Waals surface area contributed by atoms with Crippen molar-refractivity contribution < 1.29 is 19.2 Å². The van der Waals surface area contributed by atoms with Gasteiger partial charge < -0.3 is 0 Å². The monoisotopic (exact) mass is 358 g/mol. The van der Waals surface area contributed by atoms with Crippen LogP contribution in [-0.2, 0) is 19.2 Å². The molecule has 1 aromatic heterocycles. The third-order valence-corrected chi connectivity index (χ3v) is 4.68. The van der Waals surface area contributed by atoms with E-state index in [1.54, 1.807) is 0 Å². The highest BCUT2D eigenvalue weighted by atomic mass is 32.1. The number of ketones is 2. The van der Waals surface area contributed by atoms with E-state index in [-0.39, 0.29) is 5.96 Å². The number of nitrogens with one attached hydrogen (secondary N) is 2. The van der Waals surface area contributed by atoms with E-state index in [4.69, 9.17) is 0 Å². The molecule has 1 aliphatic rings. The standard InChI is InChI=1S/C16H14N4O4S/c1-7(21)11-12(8(2)22)14(24)19-15(18-13(11)23)20-16-17-9-5-3-4-6-10(9)25-16/h3-6,11-12H,1-2H3,(H2,17,18,19,20,23,24). The maximum absolute atomic E-state index is 12.3. The van der Waals surface area contributed by atoms with Crippen molar-refractivity contribution in [3.8, 4) is 0 Å². The molecule has 2 atom stereocenters. The number of nitrogens with zero attached hydrogens (tertiary/aromatic N) is 2. The van der Waals surface area contributed by atoms with Crippen LogP contribution in [0.25, 0.3) is 10.2 Å². The first-order valence-electron chi connectivity index (χ1n) is 7.43. The Kier molecular flexibility index (Phi) is 4.41. The molecule has 1 aromatic carbocycles. The van der Waals surface area contributed by atoms with E-state index < -0.39 is 35.2 Å². The van der Waals surface area contributed by atoms with Gasteiger partial charge in [-0.05, 0) is 26.0 Å². The fourth-order valence-electron chi connectivity index (χ4n) is 2.62. The fraction of sp³-hybridized carbons (Fsp3) is 0.250. The first kappa shape index (κ1) is 16.9. The minimum Gasteiger partial charge on any atom is -0.299 e. The van der Waals surface area contributed by atoms with E-state index in [0.29, 0.717) is 5.13 Å². The van der Waals surface area contributed by atoms with Gasteiger partial charge >= 0.3 is 0 Å². The van der Waals surface area contributed by atoms with Crippen molar-refractivity contribution in [1.29, 1.82) is 0 Å². The molecule has 9 heteroatoms. The number of aromatic nitrogens is 1. The molecule has 0 bridgehead atoms. The van der Waals surface area contributed by atoms with E-state index >= 15 is 0 Å². The fourth-order valence-corrected chi connectivity index (χ4v) is 3.46. The Balaban J connectivity index is 1.98. The van der Waals surface area contributed by atoms with Crippen LogP contribution in [-0.4, -0.2) is 34.3 Å². The van der Waals surface area contributed by atoms with Gasteiger partial charge in [0.15, 0.2) is 0 Å². The van der Waals surface area contributed by atoms with Crippen LogP contribution >= 0.6 is 11.3 Å². The molecule has 128 valence electrons. The molecule has 1 fully saturated rings. The molecule has 1 saturated heterocycles. The number of para-hydroxylation sites is 1. The third-order valence-electron chi connectivity index (χ3n) is 3.75. The molecule has 2 heterocycles. The Morgan fingerprint density at radius 3 is 2.12 bits per heavy atom. The van der Waals surface area contributed by atoms with Gasteiger partial charge in [0.05, 0.1) is 10.2 Å². The van der Waals surface area contributed by atoms with Gasteiger partial charge in [0.25, 0.3) is 0 Å². The maximum atomic E-state index is 12.3. The van der Waals surface area contributed by atoms with Gasteiger partial charge in [-0.3, -0.25) is 29.8 Å². The lowest BCUT2D eigenvalue weighted by molar-refractivity contribution is -0.144. The summed E-state index contributed by atoms with van der Waals surface area (Å²) in [4.78, 5) is 56.6. The Labute approximate surface area is 146 Å². The topological polar surface area (TPSA) is 118 Å². The molecule has 0 aliphatic carbocycles. The molecule has 0 spiro atoms. The summed E-state index contributed by atoms with van der Waals surface area (Å²) in [6, 6.07) is 7.39. The highest BCUT2D eigenvalue weighted by molar-refractivity contribution is 7.22. The van der Waals surface area contributed by atoms with E-state index in [2.05, 4.69) is 20.6 Å². The van der Waals surface area contributed by atoms with Crippen LogP contribution in [0, 0.1) is 11.8 Å². The lowest BCUT2D eigenvalue weighted by atomic mass is 9.85. The number of carbonyl (C=O) groups excluding carboxylic acids is 4. The van der Waals surface area contributed by atoms with E-state index in [1.165, 1.54) is 25.2 Å². The normalized spacial score (nSPS) is 20.6. The predicted octanol–water partition coefficient (Wildman–Crippen LogP) is 0.940. The average molecular weight is 358 g/mol. The number of guanidine groups is 1. The third kappa shape index (κ3) is 3.31. The summed E-state index contributed by atoms with van der Waals surface area (Å²) < 4.78 is 0.899. The highest BCUT2D eigenvalue weighted by Gasteiger charge is 2.43. The Hall–Kier alpha value is -2.94. The highest BCUT2D eigenvalue weighted by Crippen LogP contribution is 2.27. The minimum absolute atomic E-state index is 0.149. The second-order valence-corrected chi connectivity index (χ2v) is 6.59. The Morgan fingerprint density at radius 2 is 1.60 bits per heavy atom. The number of fused-ring (bicyclic) bond motifs is 1. The van der Waals surface area contributed by atoms with Gasteiger partial charge in [-0.2, -0.15) is 4.99 Å². The Bertz CT molecular complexity index is 864. The lowest BCUT2D eigenvalue weighted by Gasteiger charge is -2.15. The second-order valence-electron chi connectivity index (χ2n) is 5.58. The van der Waals surface area contributed by atoms with Crippen molar-refractivity contribution in [3.05, 3.63) is 24.3 Å². The number of hydrogen-bond acceptors (Lipinski definition) is 7. The smallest absolute Gasteiger partial charge is 0.238 e. The van der Waals surface area contributed by atoms with Gasteiger partial charge in [-0.1, -0.05) is 23.5 Å². The molecule has 25 heavy (non-hydrogen) atoms. The van der Waals surface area contributed by atoms with Gasteiger partial charge in [-0.15, -0.1) is 0 Å². The van der Waals surface area contributed by atoms with Crippen LogP contribution in [0.4, 0.5) is 5.13 Å². The van der Waals surface area contributed by atoms with Crippen LogP contribution in [0.2, 0.25) is 0 Å². The summed E-state index contributed by atoms with van der Waals surface area (Å²) in [5, 5.41) is 5.11. The number of carbonyl (C=O) groups is 4. The second kappa shape index (κ2) is 6.52. The zero-order valence-corrected chi connectivity index (χ0v) is 14.2. The SMILES string of the molecule is CC(=O)C1C(=O)NC(=Nc2nc3ccccc3s2)NC(=O)C1C(C)=O. The number of aliphatic imine (C=N–C) groups is 1. The molecule has 2 unspecified atom stereocenters. The van der Waals surface area contributed by atoms with Crippen LogP contribution < -0.4 is 10.6 Å². The number of hydrogen-bond donors (Lipinski definition) is 2. The first-order valence-corrected chi connectivity index (χ1v) is 8.25. The van der Waals surface area contributed by atoms with Gasteiger partial charge in [-0.25, -0.2) is 4.98 Å². The number of benzene rings is 1. The zero-order chi connectivity index (χ0) is 18.1. The van der Waals surface area contributed by atoms with Crippen molar-refractivity contribution in [2.75, 3.05) is 0 Å². The molecule has 0 radical (unpaired) electrons. The van der Waals surface area contributed by atoms with Crippen molar-refractivity contribution >= 4 is 56.0 Å². The summed E-state index contributed by atoms with van der Waals surface area (Å²) in [5.41, 5.74) is 0.737. The average Bonchev–Trinajstić information content (AvgIpc) is 2.87. The molecule has 0 saturated carbocycles. The quantitative estimate of drug-likeness (QED) is 0.792. The lowest BCUT2D eigenvalue weighted by Crippen LogP contribution is -2.41. The zero-order valence-electron chi connectivity index (χ0n) is 13.4. The molecule has 2 aromatic rings. The van der Waals surface area contributed by atoms with Gasteiger partial charge in [0.2, 0.25) is 22.9 Å². The number of thiazole rings is 1. The Morgan fingerprint density at radius 1 is 1.04 bits per heavy atom. The summed E-state index contributed by atoms with van der Waals surface area (Å²) in [7, 11) is 0. The van der Waals surface area contributed by atoms with Crippen LogP contribution in [0.15, 0.2) is 29.3 Å². The molecular formula is C16H14N4O4S. The van der Waals surface area contributed by atoms with Crippen LogP contribution in [0.5, 0.6) is 0 Å². The minimum atomic E-state index is -1.37. The number of amides is 2. The predicted molar refractivity (Wildman–Crippen MR) is 91.3 cm³/mol. The van der Waals surface area contributed by atoms with Gasteiger partial charge in [0.1, 0.15) is 23.4 Å². The van der Waals surface area contributed by atoms with Crippen molar-refractivity contribution in [3.63, 3.8) is 0 Å². The van der Waals surface area contributed by atoms with Crippen molar-refractivity contribution in [2.45, 2.75) is 13.8 Å². The molecular weight excluding hydrogens is 344 g/mol. The number of rotatable bonds is 3.